The third-order valence-corrected chi connectivity index (χ3v) is 7.82. The molecule has 11 heteroatoms. The summed E-state index contributed by atoms with van der Waals surface area (Å²) < 4.78 is 31.9. The summed E-state index contributed by atoms with van der Waals surface area (Å²) in [6.45, 7) is 8.53. The maximum Gasteiger partial charge on any atom is 0.251 e. The minimum atomic E-state index is -2.38. The number of allylic oxidation sites excluding steroid dienone is 2. The van der Waals surface area contributed by atoms with Crippen molar-refractivity contribution >= 4 is 28.8 Å². The predicted molar refractivity (Wildman–Crippen MR) is 148 cm³/mol. The molecule has 1 aromatic heterocycles. The first-order chi connectivity index (χ1) is 18.5. The maximum atomic E-state index is 13.1. The monoisotopic (exact) mass is 563 g/mol. The van der Waals surface area contributed by atoms with Gasteiger partial charge in [0.1, 0.15) is 18.2 Å². The fourth-order valence-electron chi connectivity index (χ4n) is 5.39. The number of anilines is 1. The molecule has 0 bridgehead atoms. The molecule has 212 valence electrons. The number of aliphatic hydroxyl groups excluding tert-OH is 1. The molecule has 4 rings (SSSR count). The molecule has 1 atom stereocenters. The second kappa shape index (κ2) is 11.7. The average molecular weight is 564 g/mol. The Morgan fingerprint density at radius 1 is 1.28 bits per heavy atom. The van der Waals surface area contributed by atoms with E-state index in [1.165, 1.54) is 6.92 Å². The van der Waals surface area contributed by atoms with Crippen molar-refractivity contribution in [2.45, 2.75) is 65.0 Å². The van der Waals surface area contributed by atoms with Gasteiger partial charge in [-0.1, -0.05) is 24.9 Å². The number of ketones is 1. The van der Waals surface area contributed by atoms with Gasteiger partial charge in [0.2, 0.25) is 0 Å². The van der Waals surface area contributed by atoms with Gasteiger partial charge in [-0.05, 0) is 51.8 Å². The van der Waals surface area contributed by atoms with Crippen molar-refractivity contribution in [3.05, 3.63) is 40.2 Å². The van der Waals surface area contributed by atoms with E-state index in [1.807, 2.05) is 23.6 Å². The first-order valence-corrected chi connectivity index (χ1v) is 13.6. The van der Waals surface area contributed by atoms with E-state index in [0.29, 0.717) is 70.7 Å². The van der Waals surface area contributed by atoms with Gasteiger partial charge in [0, 0.05) is 36.5 Å². The summed E-state index contributed by atoms with van der Waals surface area (Å²) in [6.07, 6.45) is -0.669. The number of hydrogen-bond donors (Lipinski definition) is 2. The van der Waals surface area contributed by atoms with Gasteiger partial charge in [0.25, 0.3) is 6.43 Å². The van der Waals surface area contributed by atoms with Crippen LogP contribution in [0.25, 0.3) is 17.0 Å². The lowest BCUT2D eigenvalue weighted by molar-refractivity contribution is -0.111. The van der Waals surface area contributed by atoms with Crippen molar-refractivity contribution < 1.29 is 23.4 Å². The van der Waals surface area contributed by atoms with E-state index < -0.39 is 12.5 Å². The lowest BCUT2D eigenvalue weighted by Crippen LogP contribution is -2.77. The molecule has 1 spiro atoms. The van der Waals surface area contributed by atoms with Crippen LogP contribution in [-0.4, -0.2) is 76.6 Å². The van der Waals surface area contributed by atoms with Crippen LogP contribution in [0.15, 0.2) is 23.9 Å². The fraction of sp³-hybridized carbons (Fsp3) is 0.536. The van der Waals surface area contributed by atoms with E-state index in [0.717, 1.165) is 12.8 Å². The number of ether oxygens (including phenoxy) is 1. The number of carbonyl (C=O) groups is 1. The molecule has 0 saturated carbocycles. The van der Waals surface area contributed by atoms with Crippen LogP contribution in [-0.2, 0) is 4.79 Å². The molecular weight excluding hydrogens is 528 g/mol. The molecule has 0 radical (unpaired) electrons. The van der Waals surface area contributed by atoms with Gasteiger partial charge >= 0.3 is 0 Å². The lowest BCUT2D eigenvalue weighted by Gasteiger charge is -2.63. The Morgan fingerprint density at radius 3 is 2.56 bits per heavy atom. The Balaban J connectivity index is 1.73. The predicted octanol–water partition coefficient (Wildman–Crippen LogP) is 4.45. The zero-order valence-electron chi connectivity index (χ0n) is 22.8. The first-order valence-electron chi connectivity index (χ1n) is 13.2. The van der Waals surface area contributed by atoms with Gasteiger partial charge in [0.05, 0.1) is 34.5 Å². The molecule has 2 aliphatic rings. The van der Waals surface area contributed by atoms with E-state index in [-0.39, 0.29) is 30.3 Å². The molecule has 2 fully saturated rings. The van der Waals surface area contributed by atoms with Crippen molar-refractivity contribution in [1.82, 2.24) is 14.9 Å². The summed E-state index contributed by atoms with van der Waals surface area (Å²) in [7, 11) is 0. The zero-order chi connectivity index (χ0) is 28.5. The Hall–Kier alpha value is -2.82. The van der Waals surface area contributed by atoms with E-state index in [4.69, 9.17) is 32.0 Å². The van der Waals surface area contributed by atoms with Crippen LogP contribution in [0.5, 0.6) is 5.75 Å². The van der Waals surface area contributed by atoms with Crippen LogP contribution in [0.2, 0.25) is 5.02 Å². The second-order valence-corrected chi connectivity index (χ2v) is 10.9. The highest BCUT2D eigenvalue weighted by Crippen LogP contribution is 2.43. The molecule has 0 amide bonds. The summed E-state index contributed by atoms with van der Waals surface area (Å²) in [5, 5.41) is 10.5. The third-order valence-electron chi connectivity index (χ3n) is 7.49. The number of benzene rings is 1. The first kappa shape index (κ1) is 29.2. The van der Waals surface area contributed by atoms with Gasteiger partial charge in [-0.25, -0.2) is 18.7 Å². The van der Waals surface area contributed by atoms with Crippen LogP contribution in [0.3, 0.4) is 0 Å². The van der Waals surface area contributed by atoms with Crippen molar-refractivity contribution in [2.24, 2.45) is 5.73 Å². The Kier molecular flexibility index (Phi) is 8.78. The topological polar surface area (TPSA) is 105 Å². The molecule has 2 aromatic rings. The van der Waals surface area contributed by atoms with Gasteiger partial charge in [-0.3, -0.25) is 9.69 Å². The Bertz CT molecular complexity index is 1260. The molecule has 8 nitrogen and oxygen atoms in total. The number of nitrogens with zero attached hydrogens (tertiary/aromatic N) is 4. The number of hydrogen-bond acceptors (Lipinski definition) is 8. The highest BCUT2D eigenvalue weighted by molar-refractivity contribution is 6.33. The zero-order valence-corrected chi connectivity index (χ0v) is 23.6. The lowest BCUT2D eigenvalue weighted by atomic mass is 9.77. The minimum Gasteiger partial charge on any atom is -0.491 e. The van der Waals surface area contributed by atoms with Crippen LogP contribution in [0.1, 0.15) is 51.3 Å². The van der Waals surface area contributed by atoms with Gasteiger partial charge in [-0.2, -0.15) is 0 Å². The summed E-state index contributed by atoms with van der Waals surface area (Å²) in [5.41, 5.74) is 8.03. The van der Waals surface area contributed by atoms with Crippen LogP contribution >= 0.6 is 11.6 Å². The largest absolute Gasteiger partial charge is 0.491 e. The number of Topliss-reactive ketones (excluding diaryl/α,β-unsaturated/α-hetero) is 1. The molecule has 39 heavy (non-hydrogen) atoms. The Morgan fingerprint density at radius 2 is 2.00 bits per heavy atom. The normalized spacial score (nSPS) is 18.0. The summed E-state index contributed by atoms with van der Waals surface area (Å²) in [4.78, 5) is 26.1. The quantitative estimate of drug-likeness (QED) is 0.386. The number of aromatic nitrogens is 2. The van der Waals surface area contributed by atoms with Crippen LogP contribution < -0.4 is 15.4 Å². The Labute approximate surface area is 232 Å². The maximum absolute atomic E-state index is 13.1. The van der Waals surface area contributed by atoms with E-state index in [9.17, 15) is 18.7 Å². The van der Waals surface area contributed by atoms with Crippen LogP contribution in [0.4, 0.5) is 14.6 Å². The number of alkyl halides is 2. The van der Waals surface area contributed by atoms with Crippen molar-refractivity contribution in [3.63, 3.8) is 0 Å². The molecule has 3 heterocycles. The number of carbonyl (C=O) groups excluding carboxylic acids is 1. The number of nitrogens with two attached hydrogens (primary N) is 1. The smallest absolute Gasteiger partial charge is 0.251 e. The molecular formula is C28H36ClF2N5O3. The van der Waals surface area contributed by atoms with Gasteiger partial charge in [0.15, 0.2) is 11.6 Å². The SMILES string of the molecule is CCC[C@@H](O)COc1ccc(Cl)c(-c2nc(C(C(C)=O)=C(C)N)c(C)c(N3CC4(CCN4CC(F)F)C3)n2)c1. The van der Waals surface area contributed by atoms with Gasteiger partial charge in [-0.15, -0.1) is 0 Å². The molecule has 3 N–H and O–H groups in total. The van der Waals surface area contributed by atoms with Crippen molar-refractivity contribution in [3.8, 4) is 17.1 Å². The molecule has 2 aliphatic heterocycles. The summed E-state index contributed by atoms with van der Waals surface area (Å²) in [5.74, 6) is 1.15. The highest BCUT2D eigenvalue weighted by Gasteiger charge is 2.54. The molecule has 0 aliphatic carbocycles. The highest BCUT2D eigenvalue weighted by atomic mass is 35.5. The number of aliphatic hydroxyl groups is 1. The van der Waals surface area contributed by atoms with Crippen LogP contribution in [0, 0.1) is 6.92 Å². The summed E-state index contributed by atoms with van der Waals surface area (Å²) in [6, 6.07) is 5.09. The van der Waals surface area contributed by atoms with E-state index >= 15 is 0 Å². The molecule has 0 unspecified atom stereocenters. The number of rotatable bonds is 11. The fourth-order valence-corrected chi connectivity index (χ4v) is 5.59. The number of halogens is 3. The third kappa shape index (κ3) is 6.02. The standard InChI is InChI=1S/C28H36ClF2N5O3/c1-5-6-19(38)13-39-20-7-8-22(29)21(11-20)26-33-25(24(17(3)32)18(4)37)16(2)27(34-26)35-14-28(15-35)9-10-36(28)12-23(30)31/h7-8,11,19,23,38H,5-6,9-10,12-15,32H2,1-4H3/t19-/m1/s1. The molecule has 2 saturated heterocycles. The average Bonchev–Trinajstić information content (AvgIpc) is 2.82. The minimum absolute atomic E-state index is 0.134. The van der Waals surface area contributed by atoms with Gasteiger partial charge < -0.3 is 20.5 Å². The summed E-state index contributed by atoms with van der Waals surface area (Å²) >= 11 is 6.58. The van der Waals surface area contributed by atoms with E-state index in [1.54, 1.807) is 25.1 Å². The number of likely N-dealkylation sites (tertiary alicyclic amines) is 1. The second-order valence-electron chi connectivity index (χ2n) is 10.5. The molecule has 1 aromatic carbocycles. The van der Waals surface area contributed by atoms with Crippen molar-refractivity contribution in [2.75, 3.05) is 37.7 Å². The van der Waals surface area contributed by atoms with Crippen molar-refractivity contribution in [1.29, 1.82) is 0 Å². The van der Waals surface area contributed by atoms with E-state index in [2.05, 4.69) is 0 Å².